The number of hydrogen-bond acceptors (Lipinski definition) is 4. The van der Waals surface area contributed by atoms with Crippen LogP contribution in [0.3, 0.4) is 0 Å². The number of nitrogens with one attached hydrogen (secondary N) is 4. The Labute approximate surface area is 199 Å². The van der Waals surface area contributed by atoms with Crippen LogP contribution in [-0.2, 0) is 6.42 Å². The Hall–Kier alpha value is -3.09. The van der Waals surface area contributed by atoms with Crippen LogP contribution >= 0.6 is 11.3 Å². The second-order valence-corrected chi connectivity index (χ2v) is 9.75. The van der Waals surface area contributed by atoms with Crippen molar-refractivity contribution in [3.8, 4) is 0 Å². The first-order valence-electron chi connectivity index (χ1n) is 11.5. The molecule has 172 valence electrons. The van der Waals surface area contributed by atoms with E-state index in [1.165, 1.54) is 22.3 Å². The van der Waals surface area contributed by atoms with Gasteiger partial charge in [0.1, 0.15) is 0 Å². The zero-order valence-corrected chi connectivity index (χ0v) is 20.3. The topological polar surface area (TPSA) is 68.9 Å². The van der Waals surface area contributed by atoms with E-state index in [0.717, 1.165) is 45.7 Å². The lowest BCUT2D eigenvalue weighted by Gasteiger charge is -2.15. The van der Waals surface area contributed by atoms with Gasteiger partial charge in [-0.25, -0.2) is 0 Å². The number of H-pyrrole nitrogens is 1. The summed E-state index contributed by atoms with van der Waals surface area (Å²) in [5.41, 5.74) is 3.40. The molecule has 0 fully saturated rings. The van der Waals surface area contributed by atoms with Crippen LogP contribution in [0, 0.1) is 5.92 Å². The number of hydrogen-bond donors (Lipinski definition) is 4. The largest absolute Gasteiger partial charge is 0.384 e. The van der Waals surface area contributed by atoms with E-state index < -0.39 is 0 Å². The molecule has 0 aliphatic heterocycles. The Balaban J connectivity index is 1.51. The summed E-state index contributed by atoms with van der Waals surface area (Å²) in [6.45, 7) is 6.06. The van der Waals surface area contributed by atoms with Crippen molar-refractivity contribution < 1.29 is 4.79 Å². The van der Waals surface area contributed by atoms with Crippen LogP contribution in [0.1, 0.15) is 29.1 Å². The van der Waals surface area contributed by atoms with Crippen LogP contribution in [-0.4, -0.2) is 37.1 Å². The molecule has 5 nitrogen and oxygen atoms in total. The van der Waals surface area contributed by atoms with E-state index in [2.05, 4.69) is 89.5 Å². The summed E-state index contributed by atoms with van der Waals surface area (Å²) in [6.07, 6.45) is 7.08. The van der Waals surface area contributed by atoms with Gasteiger partial charge in [-0.3, -0.25) is 4.79 Å². The molecule has 0 spiro atoms. The molecule has 4 aromatic rings. The Morgan fingerprint density at radius 3 is 2.76 bits per heavy atom. The number of allylic oxidation sites excluding steroid dienone is 1. The zero-order chi connectivity index (χ0) is 23.2. The van der Waals surface area contributed by atoms with E-state index in [-0.39, 0.29) is 11.9 Å². The number of carbonyl (C=O) groups excluding carboxylic acids is 1. The van der Waals surface area contributed by atoms with Gasteiger partial charge >= 0.3 is 0 Å². The minimum Gasteiger partial charge on any atom is -0.384 e. The van der Waals surface area contributed by atoms with E-state index >= 15 is 0 Å². The molecule has 2 aromatic carbocycles. The van der Waals surface area contributed by atoms with Gasteiger partial charge in [0, 0.05) is 40.6 Å². The van der Waals surface area contributed by atoms with Crippen LogP contribution in [0.5, 0.6) is 0 Å². The smallest absolute Gasteiger partial charge is 0.261 e. The number of aromatic nitrogens is 1. The Morgan fingerprint density at radius 1 is 1.09 bits per heavy atom. The molecule has 33 heavy (non-hydrogen) atoms. The number of carbonyl (C=O) groups is 1. The maximum absolute atomic E-state index is 13.2. The number of para-hydroxylation sites is 1. The molecule has 2 aromatic heterocycles. The molecule has 0 aliphatic carbocycles. The number of fused-ring (bicyclic) bond motifs is 2. The first kappa shape index (κ1) is 23.1. The molecule has 1 unspecified atom stereocenters. The van der Waals surface area contributed by atoms with Crippen molar-refractivity contribution >= 4 is 43.9 Å². The molecule has 1 amide bonds. The Bertz CT molecular complexity index is 1250. The normalized spacial score (nSPS) is 12.7. The number of rotatable bonds is 10. The summed E-state index contributed by atoms with van der Waals surface area (Å²) in [4.78, 5) is 17.3. The number of thiophene rings is 1. The van der Waals surface area contributed by atoms with Gasteiger partial charge in [-0.2, -0.15) is 0 Å². The van der Waals surface area contributed by atoms with E-state index in [1.807, 2.05) is 19.2 Å². The number of anilines is 1. The molecule has 4 N–H and O–H groups in total. The Kier molecular flexibility index (Phi) is 7.47. The predicted octanol–water partition coefficient (Wildman–Crippen LogP) is 5.57. The highest BCUT2D eigenvalue weighted by molar-refractivity contribution is 7.20. The second kappa shape index (κ2) is 10.7. The lowest BCUT2D eigenvalue weighted by atomic mass is 10.0. The van der Waals surface area contributed by atoms with Crippen LogP contribution in [0.2, 0.25) is 0 Å². The highest BCUT2D eigenvalue weighted by Crippen LogP contribution is 2.28. The van der Waals surface area contributed by atoms with E-state index in [0.29, 0.717) is 5.92 Å². The van der Waals surface area contributed by atoms with Crippen LogP contribution in [0.15, 0.2) is 66.9 Å². The van der Waals surface area contributed by atoms with Gasteiger partial charge in [-0.15, -0.1) is 11.3 Å². The molecular formula is C27H32N4OS. The standard InChI is InChI=1S/C27H32N4OS/c1-18(2)8-10-22(14-20-17-30-24-7-5-4-6-23(20)24)31-27(32)26-15-19-9-11-21(16-25(19)33-26)29-13-12-28-3/h4-11,15-18,22,28-30H,12-14H2,1-3H3,(H,31,32)/b10-8+. The predicted molar refractivity (Wildman–Crippen MR) is 141 cm³/mol. The lowest BCUT2D eigenvalue weighted by molar-refractivity contribution is 0.0948. The monoisotopic (exact) mass is 460 g/mol. The van der Waals surface area contributed by atoms with Gasteiger partial charge in [0.25, 0.3) is 5.91 Å². The molecule has 0 aliphatic rings. The molecule has 2 heterocycles. The minimum atomic E-state index is -0.0805. The van der Waals surface area contributed by atoms with E-state index in [9.17, 15) is 4.79 Å². The number of benzene rings is 2. The van der Waals surface area contributed by atoms with Crippen molar-refractivity contribution in [1.82, 2.24) is 15.6 Å². The maximum atomic E-state index is 13.2. The summed E-state index contributed by atoms with van der Waals surface area (Å²) in [7, 11) is 1.94. The van der Waals surface area contributed by atoms with Crippen molar-refractivity contribution in [1.29, 1.82) is 0 Å². The minimum absolute atomic E-state index is 0.0286. The third kappa shape index (κ3) is 5.83. The van der Waals surface area contributed by atoms with E-state index in [4.69, 9.17) is 0 Å². The van der Waals surface area contributed by atoms with Gasteiger partial charge in [-0.05, 0) is 54.6 Å². The molecule has 1 atom stereocenters. The first-order valence-corrected chi connectivity index (χ1v) is 12.3. The molecular weight excluding hydrogens is 428 g/mol. The van der Waals surface area contributed by atoms with Crippen LogP contribution in [0.25, 0.3) is 21.0 Å². The zero-order valence-electron chi connectivity index (χ0n) is 19.4. The number of likely N-dealkylation sites (N-methyl/N-ethyl adjacent to an activating group) is 1. The third-order valence-electron chi connectivity index (χ3n) is 5.61. The molecule has 4 rings (SSSR count). The average Bonchev–Trinajstić information content (AvgIpc) is 3.42. The highest BCUT2D eigenvalue weighted by Gasteiger charge is 2.16. The average molecular weight is 461 g/mol. The lowest BCUT2D eigenvalue weighted by Crippen LogP contribution is -2.34. The maximum Gasteiger partial charge on any atom is 0.261 e. The molecule has 0 saturated heterocycles. The van der Waals surface area contributed by atoms with Crippen LogP contribution in [0.4, 0.5) is 5.69 Å². The van der Waals surface area contributed by atoms with Crippen molar-refractivity contribution in [3.05, 3.63) is 77.3 Å². The van der Waals surface area contributed by atoms with Gasteiger partial charge < -0.3 is 20.9 Å². The summed E-state index contributed by atoms with van der Waals surface area (Å²) in [5.74, 6) is 0.393. The van der Waals surface area contributed by atoms with Crippen molar-refractivity contribution in [2.24, 2.45) is 5.92 Å². The fourth-order valence-corrected chi connectivity index (χ4v) is 4.89. The fraction of sp³-hybridized carbons (Fsp3) is 0.296. The summed E-state index contributed by atoms with van der Waals surface area (Å²) in [5, 5.41) is 12.1. The first-order chi connectivity index (χ1) is 16.0. The van der Waals surface area contributed by atoms with Crippen LogP contribution < -0.4 is 16.0 Å². The van der Waals surface area contributed by atoms with E-state index in [1.54, 1.807) is 0 Å². The van der Waals surface area contributed by atoms with Gasteiger partial charge in [-0.1, -0.05) is 50.3 Å². The van der Waals surface area contributed by atoms with Gasteiger partial charge in [0.15, 0.2) is 0 Å². The fourth-order valence-electron chi connectivity index (χ4n) is 3.89. The number of amides is 1. The molecule has 0 radical (unpaired) electrons. The summed E-state index contributed by atoms with van der Waals surface area (Å²) in [6, 6.07) is 16.5. The highest BCUT2D eigenvalue weighted by atomic mass is 32.1. The van der Waals surface area contributed by atoms with Crippen molar-refractivity contribution in [2.75, 3.05) is 25.5 Å². The molecule has 0 saturated carbocycles. The summed E-state index contributed by atoms with van der Waals surface area (Å²) >= 11 is 1.54. The van der Waals surface area contributed by atoms with Gasteiger partial charge in [0.05, 0.1) is 10.9 Å². The molecule has 6 heteroatoms. The molecule has 0 bridgehead atoms. The second-order valence-electron chi connectivity index (χ2n) is 8.67. The summed E-state index contributed by atoms with van der Waals surface area (Å²) < 4.78 is 1.11. The SMILES string of the molecule is CNCCNc1ccc2cc(C(=O)NC(/C=C/C(C)C)Cc3c[nH]c4ccccc34)sc2c1. The quantitative estimate of drug-likeness (QED) is 0.185. The number of aromatic amines is 1. The van der Waals surface area contributed by atoms with Crippen molar-refractivity contribution in [3.63, 3.8) is 0 Å². The van der Waals surface area contributed by atoms with Crippen molar-refractivity contribution in [2.45, 2.75) is 26.3 Å². The Morgan fingerprint density at radius 2 is 1.94 bits per heavy atom. The van der Waals surface area contributed by atoms with Gasteiger partial charge in [0.2, 0.25) is 0 Å². The third-order valence-corrected chi connectivity index (χ3v) is 6.70.